The smallest absolute Gasteiger partial charge is 0.162 e. The average Bonchev–Trinajstić information content (AvgIpc) is 2.94. The number of hydrogen-bond acceptors (Lipinski definition) is 3. The minimum Gasteiger partial charge on any atom is -0.358 e. The van der Waals surface area contributed by atoms with Gasteiger partial charge in [0.05, 0.1) is 0 Å². The lowest BCUT2D eigenvalue weighted by Gasteiger charge is -2.23. The summed E-state index contributed by atoms with van der Waals surface area (Å²) in [6.07, 6.45) is 4.08. The van der Waals surface area contributed by atoms with Crippen LogP contribution in [0.5, 0.6) is 0 Å². The summed E-state index contributed by atoms with van der Waals surface area (Å²) < 4.78 is 8.01. The molecule has 4 heteroatoms. The Kier molecular flexibility index (Phi) is 2.63. The van der Waals surface area contributed by atoms with Gasteiger partial charge in [-0.25, -0.2) is 9.97 Å². The normalized spacial score (nSPS) is 20.7. The van der Waals surface area contributed by atoms with Crippen molar-refractivity contribution in [3.8, 4) is 0 Å². The second-order valence-electron chi connectivity index (χ2n) is 5.87. The lowest BCUT2D eigenvalue weighted by atomic mass is 9.95. The van der Waals surface area contributed by atoms with Crippen molar-refractivity contribution in [2.24, 2.45) is 0 Å². The van der Waals surface area contributed by atoms with E-state index in [0.29, 0.717) is 0 Å². The van der Waals surface area contributed by atoms with Gasteiger partial charge in [-0.15, -0.1) is 0 Å². The van der Waals surface area contributed by atoms with Crippen molar-refractivity contribution in [2.75, 3.05) is 6.61 Å². The largest absolute Gasteiger partial charge is 0.358 e. The van der Waals surface area contributed by atoms with E-state index in [9.17, 15) is 0 Å². The summed E-state index contributed by atoms with van der Waals surface area (Å²) in [4.78, 5) is 9.23. The van der Waals surface area contributed by atoms with E-state index in [4.69, 9.17) is 9.72 Å². The minimum atomic E-state index is -0.00729. The van der Waals surface area contributed by atoms with Crippen LogP contribution in [-0.2, 0) is 10.2 Å². The van der Waals surface area contributed by atoms with Crippen LogP contribution in [0.3, 0.4) is 0 Å². The third kappa shape index (κ3) is 1.81. The number of imidazole rings is 1. The molecule has 0 N–H and O–H groups in total. The van der Waals surface area contributed by atoms with Gasteiger partial charge in [0.15, 0.2) is 5.65 Å². The zero-order valence-corrected chi connectivity index (χ0v) is 11.2. The Labute approximate surface area is 107 Å². The van der Waals surface area contributed by atoms with E-state index in [1.165, 1.54) is 0 Å². The van der Waals surface area contributed by atoms with Gasteiger partial charge >= 0.3 is 0 Å². The average molecular weight is 245 g/mol. The Balaban J connectivity index is 2.24. The highest BCUT2D eigenvalue weighted by molar-refractivity contribution is 5.71. The van der Waals surface area contributed by atoms with Crippen LogP contribution < -0.4 is 0 Å². The Bertz CT molecular complexity index is 562. The lowest BCUT2D eigenvalue weighted by Crippen LogP contribution is -2.22. The van der Waals surface area contributed by atoms with Gasteiger partial charge in [0.25, 0.3) is 0 Å². The van der Waals surface area contributed by atoms with Gasteiger partial charge in [-0.2, -0.15) is 0 Å². The molecule has 0 saturated carbocycles. The molecule has 0 radical (unpaired) electrons. The van der Waals surface area contributed by atoms with Crippen LogP contribution >= 0.6 is 0 Å². The molecule has 0 bridgehead atoms. The van der Waals surface area contributed by atoms with Crippen LogP contribution in [0.4, 0.5) is 0 Å². The Morgan fingerprint density at radius 3 is 2.89 bits per heavy atom. The molecule has 18 heavy (non-hydrogen) atoms. The molecule has 0 amide bonds. The van der Waals surface area contributed by atoms with Gasteiger partial charge in [0.2, 0.25) is 0 Å². The molecule has 4 nitrogen and oxygen atoms in total. The van der Waals surface area contributed by atoms with E-state index in [-0.39, 0.29) is 11.6 Å². The maximum absolute atomic E-state index is 5.82. The number of nitrogens with zero attached hydrogens (tertiary/aromatic N) is 3. The number of fused-ring (bicyclic) bond motifs is 1. The van der Waals surface area contributed by atoms with E-state index in [2.05, 4.69) is 30.3 Å². The van der Waals surface area contributed by atoms with Gasteiger partial charge in [0.1, 0.15) is 17.6 Å². The predicted molar refractivity (Wildman–Crippen MR) is 70.5 cm³/mol. The highest BCUT2D eigenvalue weighted by atomic mass is 16.5. The zero-order valence-electron chi connectivity index (χ0n) is 11.2. The quantitative estimate of drug-likeness (QED) is 0.775. The molecule has 0 aliphatic carbocycles. The summed E-state index contributed by atoms with van der Waals surface area (Å²) in [5, 5.41) is 0. The van der Waals surface area contributed by atoms with Gasteiger partial charge < -0.3 is 4.74 Å². The Morgan fingerprint density at radius 1 is 1.39 bits per heavy atom. The molecule has 1 atom stereocenters. The summed E-state index contributed by atoms with van der Waals surface area (Å²) >= 11 is 0. The fourth-order valence-electron chi connectivity index (χ4n) is 2.50. The summed E-state index contributed by atoms with van der Waals surface area (Å²) in [7, 11) is 0. The highest BCUT2D eigenvalue weighted by Gasteiger charge is 2.29. The third-order valence-corrected chi connectivity index (χ3v) is 3.31. The molecule has 96 valence electrons. The van der Waals surface area contributed by atoms with Crippen LogP contribution in [0.1, 0.15) is 45.7 Å². The van der Waals surface area contributed by atoms with Gasteiger partial charge in [0, 0.05) is 18.2 Å². The van der Waals surface area contributed by atoms with Crippen molar-refractivity contribution < 1.29 is 4.74 Å². The molecule has 0 aromatic carbocycles. The number of aromatic nitrogens is 3. The van der Waals surface area contributed by atoms with Crippen LogP contribution in [0.25, 0.3) is 11.2 Å². The molecular weight excluding hydrogens is 226 g/mol. The molecule has 2 aromatic rings. The van der Waals surface area contributed by atoms with Gasteiger partial charge in [-0.1, -0.05) is 20.8 Å². The second kappa shape index (κ2) is 4.05. The molecule has 1 aliphatic heterocycles. The molecular formula is C14H19N3O. The van der Waals surface area contributed by atoms with Crippen LogP contribution in [-0.4, -0.2) is 21.1 Å². The van der Waals surface area contributed by atoms with Crippen molar-refractivity contribution in [2.45, 2.75) is 45.3 Å². The first-order valence-corrected chi connectivity index (χ1v) is 6.52. The fraction of sp³-hybridized carbons (Fsp3) is 0.571. The molecule has 2 aromatic heterocycles. The molecule has 1 saturated heterocycles. The molecule has 1 unspecified atom stereocenters. The first kappa shape index (κ1) is 11.7. The Hall–Kier alpha value is -1.42. The van der Waals surface area contributed by atoms with Gasteiger partial charge in [-0.3, -0.25) is 4.57 Å². The molecule has 1 fully saturated rings. The molecule has 0 spiro atoms. The van der Waals surface area contributed by atoms with Crippen LogP contribution in [0, 0.1) is 0 Å². The van der Waals surface area contributed by atoms with E-state index in [0.717, 1.165) is 36.4 Å². The third-order valence-electron chi connectivity index (χ3n) is 3.31. The first-order chi connectivity index (χ1) is 8.57. The summed E-state index contributed by atoms with van der Waals surface area (Å²) in [6.45, 7) is 7.37. The monoisotopic (exact) mass is 245 g/mol. The van der Waals surface area contributed by atoms with Crippen LogP contribution in [0.15, 0.2) is 18.3 Å². The minimum absolute atomic E-state index is 0.00729. The highest BCUT2D eigenvalue weighted by Crippen LogP contribution is 2.33. The van der Waals surface area contributed by atoms with Crippen molar-refractivity contribution in [1.29, 1.82) is 0 Å². The van der Waals surface area contributed by atoms with Crippen molar-refractivity contribution in [3.05, 3.63) is 24.2 Å². The molecule has 3 heterocycles. The van der Waals surface area contributed by atoms with Crippen molar-refractivity contribution in [3.63, 3.8) is 0 Å². The zero-order chi connectivity index (χ0) is 12.8. The van der Waals surface area contributed by atoms with Crippen molar-refractivity contribution >= 4 is 11.2 Å². The predicted octanol–water partition coefficient (Wildman–Crippen LogP) is 3.04. The van der Waals surface area contributed by atoms with Crippen LogP contribution in [0.2, 0.25) is 0 Å². The number of hydrogen-bond donors (Lipinski definition) is 0. The first-order valence-electron chi connectivity index (χ1n) is 6.52. The topological polar surface area (TPSA) is 39.9 Å². The van der Waals surface area contributed by atoms with Crippen molar-refractivity contribution in [1.82, 2.24) is 14.5 Å². The van der Waals surface area contributed by atoms with E-state index in [1.54, 1.807) is 0 Å². The van der Waals surface area contributed by atoms with E-state index >= 15 is 0 Å². The standard InChI is InChI=1S/C14H19N3O/c1-14(2,3)13-16-10-6-4-8-15-12(10)17(13)11-7-5-9-18-11/h4,6,8,11H,5,7,9H2,1-3H3. The lowest BCUT2D eigenvalue weighted by molar-refractivity contribution is 0.0550. The maximum atomic E-state index is 5.82. The summed E-state index contributed by atoms with van der Waals surface area (Å²) in [5.41, 5.74) is 1.89. The Morgan fingerprint density at radius 2 is 2.22 bits per heavy atom. The molecule has 1 aliphatic rings. The fourth-order valence-corrected chi connectivity index (χ4v) is 2.50. The molecule has 3 rings (SSSR count). The van der Waals surface area contributed by atoms with E-state index in [1.807, 2.05) is 18.3 Å². The number of rotatable bonds is 1. The second-order valence-corrected chi connectivity index (χ2v) is 5.87. The SMILES string of the molecule is CC(C)(C)c1nc2cccnc2n1C1CCCO1. The van der Waals surface area contributed by atoms with Gasteiger partial charge in [-0.05, 0) is 25.0 Å². The number of ether oxygens (including phenoxy) is 1. The summed E-state index contributed by atoms with van der Waals surface area (Å²) in [5.74, 6) is 1.06. The summed E-state index contributed by atoms with van der Waals surface area (Å²) in [6, 6.07) is 3.95. The van der Waals surface area contributed by atoms with E-state index < -0.39 is 0 Å². The number of pyridine rings is 1. The maximum Gasteiger partial charge on any atom is 0.162 e.